The van der Waals surface area contributed by atoms with Crippen molar-refractivity contribution in [2.45, 2.75) is 41.6 Å². The minimum atomic E-state index is -5.38. The molecule has 2 aliphatic rings. The van der Waals surface area contributed by atoms with Crippen molar-refractivity contribution in [1.29, 1.82) is 0 Å². The second-order valence-electron chi connectivity index (χ2n) is 5.52. The molecule has 0 aromatic heterocycles. The van der Waals surface area contributed by atoms with Crippen LogP contribution in [0.2, 0.25) is 0 Å². The maximum absolute atomic E-state index is 13.5. The lowest BCUT2D eigenvalue weighted by Gasteiger charge is -2.35. The molecule has 1 saturated carbocycles. The van der Waals surface area contributed by atoms with Crippen LogP contribution in [-0.4, -0.2) is 38.1 Å². The molecule has 1 fully saturated rings. The SMILES string of the molecule is O=C1c2c(S(=O)(=O)C(F)F)ccc(OC3CC(F)(F)C3)c2OC1(F)F. The van der Waals surface area contributed by atoms with Crippen LogP contribution in [0.1, 0.15) is 23.2 Å². The molecular weight excluding hydrogens is 382 g/mol. The molecule has 0 radical (unpaired) electrons. The van der Waals surface area contributed by atoms with Crippen molar-refractivity contribution in [3.05, 3.63) is 17.7 Å². The van der Waals surface area contributed by atoms with Gasteiger partial charge in [0.25, 0.3) is 11.7 Å². The Balaban J connectivity index is 2.06. The number of fused-ring (bicyclic) bond motifs is 1. The lowest BCUT2D eigenvalue weighted by molar-refractivity contribution is -0.140. The van der Waals surface area contributed by atoms with Gasteiger partial charge in [0.1, 0.15) is 6.10 Å². The molecule has 1 aliphatic carbocycles. The molecule has 1 aromatic carbocycles. The van der Waals surface area contributed by atoms with Crippen LogP contribution < -0.4 is 9.47 Å². The summed E-state index contributed by atoms with van der Waals surface area (Å²) < 4.78 is 110. The van der Waals surface area contributed by atoms with Crippen LogP contribution in [0.25, 0.3) is 0 Å². The van der Waals surface area contributed by atoms with E-state index >= 15 is 0 Å². The standard InChI is InChI=1S/C13H8F6O5S/c14-11(15)25(21,22)7-2-1-6(23-5-3-12(16,17)4-5)9-8(7)10(20)13(18,19)24-9/h1-2,5,11H,3-4H2. The van der Waals surface area contributed by atoms with E-state index in [-0.39, 0.29) is 0 Å². The van der Waals surface area contributed by atoms with Crippen LogP contribution in [0.5, 0.6) is 11.5 Å². The molecule has 12 heteroatoms. The van der Waals surface area contributed by atoms with Crippen LogP contribution in [-0.2, 0) is 9.84 Å². The number of carbonyl (C=O) groups is 1. The average molecular weight is 390 g/mol. The molecule has 1 aliphatic heterocycles. The van der Waals surface area contributed by atoms with Crippen molar-refractivity contribution < 1.29 is 49.0 Å². The number of hydrogen-bond donors (Lipinski definition) is 0. The molecule has 1 heterocycles. The van der Waals surface area contributed by atoms with Gasteiger partial charge in [0, 0.05) is 12.8 Å². The van der Waals surface area contributed by atoms with E-state index in [0.717, 1.165) is 0 Å². The zero-order valence-electron chi connectivity index (χ0n) is 11.9. The Kier molecular flexibility index (Phi) is 3.75. The van der Waals surface area contributed by atoms with Gasteiger partial charge in [-0.1, -0.05) is 0 Å². The Bertz CT molecular complexity index is 843. The van der Waals surface area contributed by atoms with Gasteiger partial charge in [-0.15, -0.1) is 0 Å². The first-order chi connectivity index (χ1) is 11.3. The third kappa shape index (κ3) is 2.81. The largest absolute Gasteiger partial charge is 0.486 e. The summed E-state index contributed by atoms with van der Waals surface area (Å²) in [5.74, 6) is -10.8. The highest BCUT2D eigenvalue weighted by Crippen LogP contribution is 2.49. The molecule has 5 nitrogen and oxygen atoms in total. The van der Waals surface area contributed by atoms with Crippen LogP contribution in [0, 0.1) is 0 Å². The lowest BCUT2D eigenvalue weighted by atomic mass is 9.91. The highest BCUT2D eigenvalue weighted by molar-refractivity contribution is 7.91. The van der Waals surface area contributed by atoms with Crippen molar-refractivity contribution >= 4 is 15.6 Å². The number of ketones is 1. The number of sulfone groups is 1. The van der Waals surface area contributed by atoms with E-state index in [2.05, 4.69) is 4.74 Å². The Morgan fingerprint density at radius 2 is 1.76 bits per heavy atom. The summed E-state index contributed by atoms with van der Waals surface area (Å²) in [6.45, 7) is 0. The van der Waals surface area contributed by atoms with Crippen molar-refractivity contribution in [3.63, 3.8) is 0 Å². The van der Waals surface area contributed by atoms with Gasteiger partial charge in [0.15, 0.2) is 11.5 Å². The van der Waals surface area contributed by atoms with E-state index < -0.39 is 74.3 Å². The fourth-order valence-corrected chi connectivity index (χ4v) is 3.40. The zero-order valence-corrected chi connectivity index (χ0v) is 12.8. The van der Waals surface area contributed by atoms with E-state index in [1.807, 2.05) is 0 Å². The van der Waals surface area contributed by atoms with Crippen molar-refractivity contribution in [2.75, 3.05) is 0 Å². The highest BCUT2D eigenvalue weighted by atomic mass is 32.2. The third-order valence-corrected chi connectivity index (χ3v) is 5.11. The molecule has 0 unspecified atom stereocenters. The van der Waals surface area contributed by atoms with Gasteiger partial charge in [0.05, 0.1) is 10.5 Å². The summed E-state index contributed by atoms with van der Waals surface area (Å²) in [6.07, 6.45) is -7.01. The summed E-state index contributed by atoms with van der Waals surface area (Å²) in [4.78, 5) is 10.3. The smallest absolute Gasteiger partial charge is 0.466 e. The Labute approximate surface area is 136 Å². The summed E-state index contributed by atoms with van der Waals surface area (Å²) in [6, 6.07) is 1.19. The Morgan fingerprint density at radius 3 is 2.28 bits per heavy atom. The Hall–Kier alpha value is -1.98. The van der Waals surface area contributed by atoms with Crippen LogP contribution in [0.15, 0.2) is 17.0 Å². The van der Waals surface area contributed by atoms with E-state index in [4.69, 9.17) is 4.74 Å². The monoisotopic (exact) mass is 390 g/mol. The number of carbonyl (C=O) groups excluding carboxylic acids is 1. The topological polar surface area (TPSA) is 69.7 Å². The lowest BCUT2D eigenvalue weighted by Crippen LogP contribution is -2.43. The quantitative estimate of drug-likeness (QED) is 0.740. The van der Waals surface area contributed by atoms with Gasteiger partial charge < -0.3 is 9.47 Å². The van der Waals surface area contributed by atoms with Gasteiger partial charge in [-0.05, 0) is 12.1 Å². The molecule has 0 spiro atoms. The minimum absolute atomic E-state index is 0.481. The van der Waals surface area contributed by atoms with Gasteiger partial charge in [-0.25, -0.2) is 17.2 Å². The predicted molar refractivity (Wildman–Crippen MR) is 68.1 cm³/mol. The molecule has 3 rings (SSSR count). The maximum Gasteiger partial charge on any atom is 0.466 e. The van der Waals surface area contributed by atoms with E-state index in [0.29, 0.717) is 12.1 Å². The maximum atomic E-state index is 13.5. The van der Waals surface area contributed by atoms with Crippen molar-refractivity contribution in [1.82, 2.24) is 0 Å². The number of hydrogen-bond acceptors (Lipinski definition) is 5. The summed E-state index contributed by atoms with van der Waals surface area (Å²) in [5.41, 5.74) is -1.28. The summed E-state index contributed by atoms with van der Waals surface area (Å²) in [7, 11) is -5.38. The number of benzene rings is 1. The number of halogens is 6. The molecule has 138 valence electrons. The molecule has 0 saturated heterocycles. The fraction of sp³-hybridized carbons (Fsp3) is 0.462. The van der Waals surface area contributed by atoms with Crippen LogP contribution >= 0.6 is 0 Å². The fourth-order valence-electron chi connectivity index (χ4n) is 2.48. The van der Waals surface area contributed by atoms with Crippen LogP contribution in [0.4, 0.5) is 26.3 Å². The first-order valence-electron chi connectivity index (χ1n) is 6.70. The number of Topliss-reactive ketones (excluding diaryl/α,β-unsaturated/α-hetero) is 1. The molecule has 0 N–H and O–H groups in total. The molecule has 25 heavy (non-hydrogen) atoms. The van der Waals surface area contributed by atoms with Crippen molar-refractivity contribution in [3.8, 4) is 11.5 Å². The van der Waals surface area contributed by atoms with E-state index in [1.54, 1.807) is 0 Å². The predicted octanol–water partition coefficient (Wildman–Crippen LogP) is 3.03. The first kappa shape index (κ1) is 17.8. The Morgan fingerprint density at radius 1 is 1.16 bits per heavy atom. The molecular formula is C13H8F6O5S. The molecule has 1 aromatic rings. The highest BCUT2D eigenvalue weighted by Gasteiger charge is 2.55. The minimum Gasteiger partial charge on any atom is -0.486 e. The van der Waals surface area contributed by atoms with Crippen molar-refractivity contribution in [2.24, 2.45) is 0 Å². The number of rotatable bonds is 4. The zero-order chi connectivity index (χ0) is 18.8. The number of alkyl halides is 6. The van der Waals surface area contributed by atoms with Gasteiger partial charge in [0.2, 0.25) is 9.84 Å². The van der Waals surface area contributed by atoms with E-state index in [9.17, 15) is 39.6 Å². The van der Waals surface area contributed by atoms with Gasteiger partial charge in [-0.2, -0.15) is 17.6 Å². The number of ether oxygens (including phenoxy) is 2. The van der Waals surface area contributed by atoms with Gasteiger partial charge >= 0.3 is 11.9 Å². The molecule has 0 atom stereocenters. The second-order valence-corrected chi connectivity index (χ2v) is 7.41. The second kappa shape index (κ2) is 5.26. The summed E-state index contributed by atoms with van der Waals surface area (Å²) in [5, 5.41) is 0. The van der Waals surface area contributed by atoms with Crippen LogP contribution in [0.3, 0.4) is 0 Å². The summed E-state index contributed by atoms with van der Waals surface area (Å²) >= 11 is 0. The van der Waals surface area contributed by atoms with E-state index in [1.165, 1.54) is 0 Å². The molecule has 0 bridgehead atoms. The third-order valence-electron chi connectivity index (χ3n) is 3.69. The molecule has 0 amide bonds. The van der Waals surface area contributed by atoms with Gasteiger partial charge in [-0.3, -0.25) is 4.79 Å². The first-order valence-corrected chi connectivity index (χ1v) is 8.25. The average Bonchev–Trinajstić information content (AvgIpc) is 2.68. The normalized spacial score (nSPS) is 21.6.